The highest BCUT2D eigenvalue weighted by Gasteiger charge is 2.23. The maximum absolute atomic E-state index is 12.5. The van der Waals surface area contributed by atoms with E-state index in [-0.39, 0.29) is 22.9 Å². The Bertz CT molecular complexity index is 587. The molecular weight excluding hydrogens is 302 g/mol. The molecule has 0 saturated heterocycles. The zero-order valence-electron chi connectivity index (χ0n) is 13.2. The average Bonchev–Trinajstić information content (AvgIpc) is 2.52. The number of unbranched alkanes of at least 4 members (excludes halogenated alkanes) is 1. The standard InChI is InChI=1S/C15H25N3O3S/c1-3-4-12-18(2)15(19)13-8-5-6-9-14(13)22(20,21)17-11-7-10-16/h5-6,8-9,17H,3-4,7,10-12,16H2,1-2H3. The lowest BCUT2D eigenvalue weighted by atomic mass is 10.2. The van der Waals surface area contributed by atoms with Gasteiger partial charge in [-0.25, -0.2) is 13.1 Å². The molecule has 0 fully saturated rings. The van der Waals surface area contributed by atoms with E-state index >= 15 is 0 Å². The normalized spacial score (nSPS) is 11.4. The highest BCUT2D eigenvalue weighted by Crippen LogP contribution is 2.17. The van der Waals surface area contributed by atoms with Crippen LogP contribution in [0.1, 0.15) is 36.5 Å². The van der Waals surface area contributed by atoms with Crippen LogP contribution in [0.5, 0.6) is 0 Å². The number of nitrogens with zero attached hydrogens (tertiary/aromatic N) is 1. The number of carbonyl (C=O) groups is 1. The molecule has 1 rings (SSSR count). The summed E-state index contributed by atoms with van der Waals surface area (Å²) in [5.41, 5.74) is 5.56. The highest BCUT2D eigenvalue weighted by molar-refractivity contribution is 7.89. The molecule has 124 valence electrons. The third-order valence-corrected chi connectivity index (χ3v) is 4.79. The molecule has 3 N–H and O–H groups in total. The first-order chi connectivity index (χ1) is 10.4. The van der Waals surface area contributed by atoms with Crippen LogP contribution < -0.4 is 10.5 Å². The van der Waals surface area contributed by atoms with Crippen molar-refractivity contribution in [2.75, 3.05) is 26.7 Å². The zero-order chi connectivity index (χ0) is 16.6. The molecule has 0 atom stereocenters. The maximum Gasteiger partial charge on any atom is 0.254 e. The molecule has 0 spiro atoms. The van der Waals surface area contributed by atoms with Crippen molar-refractivity contribution in [3.05, 3.63) is 29.8 Å². The lowest BCUT2D eigenvalue weighted by Crippen LogP contribution is -2.32. The van der Waals surface area contributed by atoms with Crippen LogP contribution >= 0.6 is 0 Å². The van der Waals surface area contributed by atoms with Gasteiger partial charge in [-0.2, -0.15) is 0 Å². The lowest BCUT2D eigenvalue weighted by Gasteiger charge is -2.19. The van der Waals surface area contributed by atoms with Crippen molar-refractivity contribution < 1.29 is 13.2 Å². The number of hydrogen-bond donors (Lipinski definition) is 2. The Morgan fingerprint density at radius 1 is 1.27 bits per heavy atom. The quantitative estimate of drug-likeness (QED) is 0.666. The van der Waals surface area contributed by atoms with Crippen molar-refractivity contribution in [2.24, 2.45) is 5.73 Å². The first-order valence-electron chi connectivity index (χ1n) is 7.48. The molecule has 0 radical (unpaired) electrons. The molecular formula is C15H25N3O3S. The monoisotopic (exact) mass is 327 g/mol. The van der Waals surface area contributed by atoms with Crippen molar-refractivity contribution in [3.63, 3.8) is 0 Å². The largest absolute Gasteiger partial charge is 0.342 e. The summed E-state index contributed by atoms with van der Waals surface area (Å²) in [6.45, 7) is 3.30. The van der Waals surface area contributed by atoms with Crippen LogP contribution in [0.3, 0.4) is 0 Å². The van der Waals surface area contributed by atoms with Crippen LogP contribution in [-0.4, -0.2) is 45.9 Å². The van der Waals surface area contributed by atoms with Gasteiger partial charge >= 0.3 is 0 Å². The van der Waals surface area contributed by atoms with Gasteiger partial charge in [0.1, 0.15) is 0 Å². The minimum atomic E-state index is -3.72. The summed E-state index contributed by atoms with van der Waals surface area (Å²) in [6.07, 6.45) is 2.40. The molecule has 0 saturated carbocycles. The van der Waals surface area contributed by atoms with Gasteiger partial charge in [0, 0.05) is 20.1 Å². The van der Waals surface area contributed by atoms with Gasteiger partial charge < -0.3 is 10.6 Å². The Hall–Kier alpha value is -1.44. The van der Waals surface area contributed by atoms with Crippen molar-refractivity contribution in [1.29, 1.82) is 0 Å². The van der Waals surface area contributed by atoms with E-state index in [0.717, 1.165) is 12.8 Å². The number of nitrogens with two attached hydrogens (primary N) is 1. The van der Waals surface area contributed by atoms with Crippen LogP contribution in [0.4, 0.5) is 0 Å². The fourth-order valence-corrected chi connectivity index (χ4v) is 3.24. The van der Waals surface area contributed by atoms with Crippen LogP contribution in [0.25, 0.3) is 0 Å². The fourth-order valence-electron chi connectivity index (χ4n) is 1.97. The Morgan fingerprint density at radius 3 is 2.59 bits per heavy atom. The molecule has 22 heavy (non-hydrogen) atoms. The van der Waals surface area contributed by atoms with Gasteiger partial charge in [0.25, 0.3) is 5.91 Å². The van der Waals surface area contributed by atoms with Gasteiger partial charge in [0.05, 0.1) is 10.5 Å². The third kappa shape index (κ3) is 5.08. The summed E-state index contributed by atoms with van der Waals surface area (Å²) >= 11 is 0. The number of nitrogens with one attached hydrogen (secondary N) is 1. The van der Waals surface area contributed by atoms with E-state index in [4.69, 9.17) is 5.73 Å². The number of hydrogen-bond acceptors (Lipinski definition) is 4. The average molecular weight is 327 g/mol. The Labute approximate surface area is 132 Å². The Morgan fingerprint density at radius 2 is 1.95 bits per heavy atom. The molecule has 0 aliphatic carbocycles. The molecule has 7 heteroatoms. The first-order valence-corrected chi connectivity index (χ1v) is 8.96. The van der Waals surface area contributed by atoms with Crippen molar-refractivity contribution in [1.82, 2.24) is 9.62 Å². The van der Waals surface area contributed by atoms with E-state index in [9.17, 15) is 13.2 Å². The molecule has 0 bridgehead atoms. The van der Waals surface area contributed by atoms with Gasteiger partial charge in [-0.1, -0.05) is 25.5 Å². The number of sulfonamides is 1. The summed E-state index contributed by atoms with van der Waals surface area (Å²) < 4.78 is 27.2. The van der Waals surface area contributed by atoms with Crippen molar-refractivity contribution in [2.45, 2.75) is 31.1 Å². The maximum atomic E-state index is 12.5. The van der Waals surface area contributed by atoms with E-state index in [1.165, 1.54) is 6.07 Å². The molecule has 0 aliphatic heterocycles. The second-order valence-corrected chi connectivity index (χ2v) is 6.85. The predicted molar refractivity (Wildman–Crippen MR) is 87.2 cm³/mol. The summed E-state index contributed by atoms with van der Waals surface area (Å²) in [4.78, 5) is 14.0. The van der Waals surface area contributed by atoms with Crippen LogP contribution in [-0.2, 0) is 10.0 Å². The van der Waals surface area contributed by atoms with Gasteiger partial charge in [-0.3, -0.25) is 4.79 Å². The molecule has 1 aromatic carbocycles. The third-order valence-electron chi connectivity index (χ3n) is 3.27. The highest BCUT2D eigenvalue weighted by atomic mass is 32.2. The minimum Gasteiger partial charge on any atom is -0.342 e. The van der Waals surface area contributed by atoms with E-state index < -0.39 is 10.0 Å². The van der Waals surface area contributed by atoms with Gasteiger partial charge in [0.2, 0.25) is 10.0 Å². The van der Waals surface area contributed by atoms with Crippen molar-refractivity contribution >= 4 is 15.9 Å². The Kier molecular flexibility index (Phi) is 7.50. The number of rotatable bonds is 9. The second-order valence-electron chi connectivity index (χ2n) is 5.12. The number of carbonyl (C=O) groups excluding carboxylic acids is 1. The van der Waals surface area contributed by atoms with Gasteiger partial charge in [-0.05, 0) is 31.5 Å². The van der Waals surface area contributed by atoms with Crippen LogP contribution in [0.2, 0.25) is 0 Å². The molecule has 0 unspecified atom stereocenters. The van der Waals surface area contributed by atoms with E-state index in [1.54, 1.807) is 30.1 Å². The second kappa shape index (κ2) is 8.87. The fraction of sp³-hybridized carbons (Fsp3) is 0.533. The summed E-state index contributed by atoms with van der Waals surface area (Å²) in [6, 6.07) is 6.27. The minimum absolute atomic E-state index is 0.0142. The zero-order valence-corrected chi connectivity index (χ0v) is 14.0. The summed E-state index contributed by atoms with van der Waals surface area (Å²) in [7, 11) is -2.03. The lowest BCUT2D eigenvalue weighted by molar-refractivity contribution is 0.0789. The topological polar surface area (TPSA) is 92.5 Å². The van der Waals surface area contributed by atoms with Gasteiger partial charge in [-0.15, -0.1) is 0 Å². The van der Waals surface area contributed by atoms with E-state index in [1.807, 2.05) is 6.92 Å². The summed E-state index contributed by atoms with van der Waals surface area (Å²) in [5.74, 6) is -0.284. The predicted octanol–water partition coefficient (Wildman–Crippen LogP) is 1.19. The molecule has 1 amide bonds. The van der Waals surface area contributed by atoms with Crippen molar-refractivity contribution in [3.8, 4) is 0 Å². The number of benzene rings is 1. The molecule has 0 heterocycles. The molecule has 0 aromatic heterocycles. The van der Waals surface area contributed by atoms with E-state index in [2.05, 4.69) is 4.72 Å². The van der Waals surface area contributed by atoms with Crippen LogP contribution in [0, 0.1) is 0 Å². The molecule has 6 nitrogen and oxygen atoms in total. The van der Waals surface area contributed by atoms with E-state index in [0.29, 0.717) is 19.5 Å². The van der Waals surface area contributed by atoms with Gasteiger partial charge in [0.15, 0.2) is 0 Å². The smallest absolute Gasteiger partial charge is 0.254 e. The first kappa shape index (κ1) is 18.6. The van der Waals surface area contributed by atoms with Crippen LogP contribution in [0.15, 0.2) is 29.2 Å². The molecule has 1 aromatic rings. The SMILES string of the molecule is CCCCN(C)C(=O)c1ccccc1S(=O)(=O)NCCCN. The Balaban J connectivity index is 3.01. The summed E-state index contributed by atoms with van der Waals surface area (Å²) in [5, 5.41) is 0. The molecule has 0 aliphatic rings. The number of amides is 1.